The smallest absolute Gasteiger partial charge is 0.207 e. The van der Waals surface area contributed by atoms with Crippen molar-refractivity contribution in [2.75, 3.05) is 19.0 Å². The lowest BCUT2D eigenvalue weighted by Crippen LogP contribution is -2.11. The number of anilines is 1. The number of nitrogens with one attached hydrogen (secondary N) is 4. The molecule has 0 fully saturated rings. The maximum absolute atomic E-state index is 14.1. The van der Waals surface area contributed by atoms with Crippen LogP contribution in [-0.2, 0) is 16.1 Å². The molecule has 0 radical (unpaired) electrons. The van der Waals surface area contributed by atoms with Gasteiger partial charge in [0.15, 0.2) is 0 Å². The first-order chi connectivity index (χ1) is 15.5. The second-order valence-electron chi connectivity index (χ2n) is 7.13. The Morgan fingerprint density at radius 2 is 1.94 bits per heavy atom. The third kappa shape index (κ3) is 8.00. The van der Waals surface area contributed by atoms with Crippen molar-refractivity contribution in [1.82, 2.24) is 5.32 Å². The number of benzene rings is 2. The summed E-state index contributed by atoms with van der Waals surface area (Å²) in [4.78, 5) is 0. The van der Waals surface area contributed by atoms with Crippen molar-refractivity contribution in [2.45, 2.75) is 33.0 Å². The van der Waals surface area contributed by atoms with Gasteiger partial charge >= 0.3 is 0 Å². The van der Waals surface area contributed by atoms with Gasteiger partial charge in [0, 0.05) is 48.4 Å². The molecule has 0 aliphatic carbocycles. The first-order valence-electron chi connectivity index (χ1n) is 10.4. The second-order valence-corrected chi connectivity index (χ2v) is 7.13. The van der Waals surface area contributed by atoms with Crippen LogP contribution in [0.1, 0.15) is 37.5 Å². The highest BCUT2D eigenvalue weighted by Gasteiger charge is 2.15. The van der Waals surface area contributed by atoms with Crippen LogP contribution in [0, 0.1) is 16.6 Å². The second kappa shape index (κ2) is 13.1. The van der Waals surface area contributed by atoms with Gasteiger partial charge in [-0.25, -0.2) is 4.39 Å². The van der Waals surface area contributed by atoms with E-state index in [2.05, 4.69) is 10.6 Å². The molecule has 2 aromatic carbocycles. The van der Waals surface area contributed by atoms with Crippen molar-refractivity contribution >= 4 is 17.8 Å². The normalized spacial score (nSPS) is 12.8. The van der Waals surface area contributed by atoms with Gasteiger partial charge in [0.25, 0.3) is 0 Å². The predicted molar refractivity (Wildman–Crippen MR) is 128 cm³/mol. The molecule has 0 saturated heterocycles. The molecule has 7 heteroatoms. The standard InChI is InChI=1S/C25H31FN4O2/c1-4-29-16-20(15-27)12-22(14-25(28)31-3)30-24-11-10-21(26)13-23(24)18(2)32-17-19-8-6-5-7-9-19/h5-11,13-16,18,27-30H,4,12,17H2,1-3H3/b20-16-,22-14-,27-15?,28-25?/t18-/m1/s1. The Hall–Kier alpha value is -3.45. The van der Waals surface area contributed by atoms with Gasteiger partial charge in [0.2, 0.25) is 5.90 Å². The third-order valence-electron chi connectivity index (χ3n) is 4.69. The molecule has 0 bridgehead atoms. The predicted octanol–water partition coefficient (Wildman–Crippen LogP) is 5.56. The first kappa shape index (κ1) is 24.8. The van der Waals surface area contributed by atoms with E-state index in [1.54, 1.807) is 18.3 Å². The van der Waals surface area contributed by atoms with Crippen LogP contribution in [-0.4, -0.2) is 25.8 Å². The molecule has 0 amide bonds. The van der Waals surface area contributed by atoms with Crippen LogP contribution in [0.4, 0.5) is 10.1 Å². The molecular weight excluding hydrogens is 407 g/mol. The van der Waals surface area contributed by atoms with Gasteiger partial charge in [-0.1, -0.05) is 30.3 Å². The van der Waals surface area contributed by atoms with E-state index in [0.717, 1.165) is 12.1 Å². The highest BCUT2D eigenvalue weighted by molar-refractivity contribution is 5.87. The number of hydrogen-bond donors (Lipinski definition) is 4. The summed E-state index contributed by atoms with van der Waals surface area (Å²) in [5.41, 5.74) is 3.69. The summed E-state index contributed by atoms with van der Waals surface area (Å²) in [6.07, 6.45) is 4.54. The Bertz CT molecular complexity index is 958. The molecule has 32 heavy (non-hydrogen) atoms. The molecule has 2 aromatic rings. The van der Waals surface area contributed by atoms with Gasteiger partial charge in [-0.3, -0.25) is 5.41 Å². The van der Waals surface area contributed by atoms with Crippen LogP contribution in [0.25, 0.3) is 0 Å². The molecule has 170 valence electrons. The lowest BCUT2D eigenvalue weighted by atomic mass is 10.1. The zero-order valence-corrected chi connectivity index (χ0v) is 18.7. The topological polar surface area (TPSA) is 90.2 Å². The Balaban J connectivity index is 2.27. The summed E-state index contributed by atoms with van der Waals surface area (Å²) < 4.78 is 25.1. The number of allylic oxidation sites excluding steroid dienone is 1. The minimum atomic E-state index is -0.379. The Morgan fingerprint density at radius 3 is 2.59 bits per heavy atom. The highest BCUT2D eigenvalue weighted by atomic mass is 19.1. The van der Waals surface area contributed by atoms with Gasteiger partial charge < -0.3 is 25.5 Å². The fraction of sp³-hybridized carbons (Fsp3) is 0.280. The van der Waals surface area contributed by atoms with Crippen molar-refractivity contribution < 1.29 is 13.9 Å². The summed E-state index contributed by atoms with van der Waals surface area (Å²) in [5.74, 6) is -0.389. The Morgan fingerprint density at radius 1 is 1.19 bits per heavy atom. The lowest BCUT2D eigenvalue weighted by molar-refractivity contribution is 0.0528. The van der Waals surface area contributed by atoms with E-state index in [1.807, 2.05) is 44.2 Å². The molecule has 6 nitrogen and oxygen atoms in total. The zero-order chi connectivity index (χ0) is 23.3. The van der Waals surface area contributed by atoms with E-state index >= 15 is 0 Å². The quantitative estimate of drug-likeness (QED) is 0.258. The van der Waals surface area contributed by atoms with Crippen LogP contribution in [0.3, 0.4) is 0 Å². The Labute approximate surface area is 189 Å². The van der Waals surface area contributed by atoms with E-state index in [0.29, 0.717) is 35.5 Å². The minimum Gasteiger partial charge on any atom is -0.481 e. The van der Waals surface area contributed by atoms with Crippen LogP contribution in [0.2, 0.25) is 0 Å². The van der Waals surface area contributed by atoms with Crippen molar-refractivity contribution in [3.63, 3.8) is 0 Å². The van der Waals surface area contributed by atoms with Gasteiger partial charge in [0.05, 0.1) is 19.8 Å². The van der Waals surface area contributed by atoms with Crippen LogP contribution < -0.4 is 10.6 Å². The summed E-state index contributed by atoms with van der Waals surface area (Å²) in [6.45, 7) is 4.97. The fourth-order valence-corrected chi connectivity index (χ4v) is 2.99. The molecule has 4 N–H and O–H groups in total. The van der Waals surface area contributed by atoms with Crippen LogP contribution >= 0.6 is 0 Å². The molecule has 1 atom stereocenters. The monoisotopic (exact) mass is 438 g/mol. The molecule has 2 rings (SSSR count). The highest BCUT2D eigenvalue weighted by Crippen LogP contribution is 2.29. The van der Waals surface area contributed by atoms with Gasteiger partial charge in [-0.15, -0.1) is 0 Å². The average Bonchev–Trinajstić information content (AvgIpc) is 2.81. The van der Waals surface area contributed by atoms with E-state index < -0.39 is 0 Å². The van der Waals surface area contributed by atoms with Gasteiger partial charge in [-0.05, 0) is 43.2 Å². The maximum atomic E-state index is 14.1. The van der Waals surface area contributed by atoms with E-state index in [4.69, 9.17) is 20.3 Å². The maximum Gasteiger partial charge on any atom is 0.207 e. The largest absolute Gasteiger partial charge is 0.481 e. The third-order valence-corrected chi connectivity index (χ3v) is 4.69. The van der Waals surface area contributed by atoms with E-state index in [9.17, 15) is 4.39 Å². The van der Waals surface area contributed by atoms with Crippen molar-refractivity contribution in [3.8, 4) is 0 Å². The minimum absolute atomic E-state index is 0.0303. The fourth-order valence-electron chi connectivity index (χ4n) is 2.99. The molecule has 0 spiro atoms. The average molecular weight is 439 g/mol. The molecule has 0 heterocycles. The molecule has 0 unspecified atom stereocenters. The summed E-state index contributed by atoms with van der Waals surface area (Å²) in [5, 5.41) is 21.9. The lowest BCUT2D eigenvalue weighted by Gasteiger charge is -2.20. The van der Waals surface area contributed by atoms with Gasteiger partial charge in [0.1, 0.15) is 5.82 Å². The molecule has 0 saturated carbocycles. The van der Waals surface area contributed by atoms with Crippen LogP contribution in [0.15, 0.2) is 72.1 Å². The number of methoxy groups -OCH3 is 1. The first-order valence-corrected chi connectivity index (χ1v) is 10.4. The van der Waals surface area contributed by atoms with E-state index in [1.165, 1.54) is 25.5 Å². The van der Waals surface area contributed by atoms with E-state index in [-0.39, 0.29) is 17.8 Å². The van der Waals surface area contributed by atoms with Gasteiger partial charge in [-0.2, -0.15) is 0 Å². The summed E-state index contributed by atoms with van der Waals surface area (Å²) in [7, 11) is 1.42. The number of hydrogen-bond acceptors (Lipinski definition) is 6. The van der Waals surface area contributed by atoms with Crippen molar-refractivity contribution in [3.05, 3.63) is 89.0 Å². The summed E-state index contributed by atoms with van der Waals surface area (Å²) in [6, 6.07) is 14.3. The Kier molecular flexibility index (Phi) is 10.1. The molecule has 0 aromatic heterocycles. The molecular formula is C25H31FN4O2. The SMILES string of the molecule is CCN/C=C(\C=N)C/C(=C/C(=N)OC)Nc1ccc(F)cc1[C@@H](C)OCc1ccccc1. The number of halogens is 1. The number of ether oxygens (including phenoxy) is 2. The molecule has 0 aliphatic heterocycles. The number of rotatable bonds is 12. The van der Waals surface area contributed by atoms with Crippen LogP contribution in [0.5, 0.6) is 0 Å². The molecule has 0 aliphatic rings. The van der Waals surface area contributed by atoms with Crippen molar-refractivity contribution in [2.24, 2.45) is 0 Å². The summed E-state index contributed by atoms with van der Waals surface area (Å²) >= 11 is 0. The zero-order valence-electron chi connectivity index (χ0n) is 18.7. The van der Waals surface area contributed by atoms with Crippen molar-refractivity contribution in [1.29, 1.82) is 10.8 Å².